The molecule has 1 aromatic rings. The number of fused-ring (bicyclic) bond motifs is 1. The van der Waals surface area contributed by atoms with E-state index in [1.54, 1.807) is 6.07 Å². The molecule has 1 aliphatic heterocycles. The Morgan fingerprint density at radius 2 is 2.26 bits per heavy atom. The number of esters is 1. The molecule has 0 saturated carbocycles. The van der Waals surface area contributed by atoms with Crippen LogP contribution >= 0.6 is 0 Å². The smallest absolute Gasteiger partial charge is 0.331 e. The molecule has 0 spiro atoms. The van der Waals surface area contributed by atoms with Crippen molar-refractivity contribution < 1.29 is 19.4 Å². The van der Waals surface area contributed by atoms with Crippen LogP contribution in [0.15, 0.2) is 18.2 Å². The minimum atomic E-state index is -0.995. The summed E-state index contributed by atoms with van der Waals surface area (Å²) < 4.78 is 4.83. The molecule has 5 nitrogen and oxygen atoms in total. The van der Waals surface area contributed by atoms with E-state index in [0.717, 1.165) is 12.0 Å². The molecule has 0 fully saturated rings. The van der Waals surface area contributed by atoms with E-state index in [1.165, 1.54) is 19.2 Å². The molecule has 1 heterocycles. The van der Waals surface area contributed by atoms with Gasteiger partial charge in [-0.1, -0.05) is 19.4 Å². The maximum absolute atomic E-state index is 12.1. The molecule has 102 valence electrons. The molecule has 5 heteroatoms. The summed E-state index contributed by atoms with van der Waals surface area (Å²) in [6.45, 7) is 1.95. The van der Waals surface area contributed by atoms with Crippen LogP contribution in [0.4, 0.5) is 0 Å². The summed E-state index contributed by atoms with van der Waals surface area (Å²) >= 11 is 0. The lowest BCUT2D eigenvalue weighted by molar-refractivity contribution is -0.148. The SMILES string of the molecule is CCCC1(C(=O)OC)Cc2ccc(O)cc2C(=O)N1. The first-order valence-corrected chi connectivity index (χ1v) is 6.25. The number of hydrogen-bond acceptors (Lipinski definition) is 4. The number of phenols is 1. The summed E-state index contributed by atoms with van der Waals surface area (Å²) in [5, 5.41) is 12.2. The first-order valence-electron chi connectivity index (χ1n) is 6.25. The fourth-order valence-corrected chi connectivity index (χ4v) is 2.58. The van der Waals surface area contributed by atoms with Gasteiger partial charge in [-0.05, 0) is 24.1 Å². The molecular formula is C14H17NO4. The zero-order valence-electron chi connectivity index (χ0n) is 11.0. The molecule has 0 saturated heterocycles. The van der Waals surface area contributed by atoms with Gasteiger partial charge in [-0.25, -0.2) is 4.79 Å². The van der Waals surface area contributed by atoms with Gasteiger partial charge in [-0.15, -0.1) is 0 Å². The zero-order chi connectivity index (χ0) is 14.0. The lowest BCUT2D eigenvalue weighted by Crippen LogP contribution is -2.59. The van der Waals surface area contributed by atoms with E-state index in [2.05, 4.69) is 5.32 Å². The third kappa shape index (κ3) is 2.28. The van der Waals surface area contributed by atoms with Gasteiger partial charge in [-0.2, -0.15) is 0 Å². The molecular weight excluding hydrogens is 246 g/mol. The molecule has 0 bridgehead atoms. The van der Waals surface area contributed by atoms with Crippen LogP contribution in [0.1, 0.15) is 35.7 Å². The Morgan fingerprint density at radius 3 is 2.89 bits per heavy atom. The second-order valence-electron chi connectivity index (χ2n) is 4.80. The third-order valence-electron chi connectivity index (χ3n) is 3.44. The zero-order valence-corrected chi connectivity index (χ0v) is 11.0. The Bertz CT molecular complexity index is 526. The molecule has 19 heavy (non-hydrogen) atoms. The van der Waals surface area contributed by atoms with Crippen molar-refractivity contribution in [1.82, 2.24) is 5.32 Å². The fourth-order valence-electron chi connectivity index (χ4n) is 2.58. The normalized spacial score (nSPS) is 21.5. The summed E-state index contributed by atoms with van der Waals surface area (Å²) in [4.78, 5) is 24.1. The number of benzene rings is 1. The predicted octanol–water partition coefficient (Wildman–Crippen LogP) is 1.39. The van der Waals surface area contributed by atoms with Crippen LogP contribution in [0, 0.1) is 0 Å². The average molecular weight is 263 g/mol. The number of carbonyl (C=O) groups excluding carboxylic acids is 2. The van der Waals surface area contributed by atoms with Crippen LogP contribution in [0.2, 0.25) is 0 Å². The van der Waals surface area contributed by atoms with Gasteiger partial charge in [0.2, 0.25) is 0 Å². The van der Waals surface area contributed by atoms with Gasteiger partial charge in [0.1, 0.15) is 11.3 Å². The van der Waals surface area contributed by atoms with Gasteiger partial charge in [0.05, 0.1) is 7.11 Å². The molecule has 0 radical (unpaired) electrons. The van der Waals surface area contributed by atoms with Gasteiger partial charge in [-0.3, -0.25) is 4.79 Å². The molecule has 2 N–H and O–H groups in total. The first kappa shape index (κ1) is 13.4. The topological polar surface area (TPSA) is 75.6 Å². The second-order valence-corrected chi connectivity index (χ2v) is 4.80. The number of carbonyl (C=O) groups is 2. The monoisotopic (exact) mass is 263 g/mol. The summed E-state index contributed by atoms with van der Waals surface area (Å²) in [5.74, 6) is -0.743. The number of rotatable bonds is 3. The number of methoxy groups -OCH3 is 1. The number of aromatic hydroxyl groups is 1. The minimum Gasteiger partial charge on any atom is -0.508 e. The Morgan fingerprint density at radius 1 is 1.53 bits per heavy atom. The van der Waals surface area contributed by atoms with Crippen LogP contribution in [0.3, 0.4) is 0 Å². The molecule has 2 rings (SSSR count). The lowest BCUT2D eigenvalue weighted by atomic mass is 9.81. The van der Waals surface area contributed by atoms with E-state index in [1.807, 2.05) is 6.92 Å². The number of nitrogens with one attached hydrogen (secondary N) is 1. The molecule has 1 aromatic carbocycles. The molecule has 0 aromatic heterocycles. The molecule has 1 amide bonds. The van der Waals surface area contributed by atoms with Crippen molar-refractivity contribution in [3.8, 4) is 5.75 Å². The number of hydrogen-bond donors (Lipinski definition) is 2. The molecule has 0 aliphatic carbocycles. The maximum Gasteiger partial charge on any atom is 0.331 e. The number of ether oxygens (including phenoxy) is 1. The van der Waals surface area contributed by atoms with Crippen LogP contribution < -0.4 is 5.32 Å². The second kappa shape index (κ2) is 4.91. The van der Waals surface area contributed by atoms with Crippen molar-refractivity contribution in [2.75, 3.05) is 7.11 Å². The molecule has 1 unspecified atom stereocenters. The third-order valence-corrected chi connectivity index (χ3v) is 3.44. The Labute approximate surface area is 111 Å². The lowest BCUT2D eigenvalue weighted by Gasteiger charge is -2.36. The standard InChI is InChI=1S/C14H17NO4/c1-3-6-14(13(18)19-2)8-9-4-5-10(16)7-11(9)12(17)15-14/h4-5,7,16H,3,6,8H2,1-2H3,(H,15,17). The van der Waals surface area contributed by atoms with E-state index < -0.39 is 11.5 Å². The van der Waals surface area contributed by atoms with E-state index >= 15 is 0 Å². The van der Waals surface area contributed by atoms with Crippen molar-refractivity contribution in [3.63, 3.8) is 0 Å². The van der Waals surface area contributed by atoms with Gasteiger partial charge >= 0.3 is 5.97 Å². The Hall–Kier alpha value is -2.04. The van der Waals surface area contributed by atoms with Crippen molar-refractivity contribution in [1.29, 1.82) is 0 Å². The van der Waals surface area contributed by atoms with Gasteiger partial charge in [0.15, 0.2) is 0 Å². The quantitative estimate of drug-likeness (QED) is 0.808. The average Bonchev–Trinajstić information content (AvgIpc) is 2.39. The van der Waals surface area contributed by atoms with Gasteiger partial charge < -0.3 is 15.2 Å². The van der Waals surface area contributed by atoms with Gasteiger partial charge in [0, 0.05) is 12.0 Å². The van der Waals surface area contributed by atoms with Crippen molar-refractivity contribution in [3.05, 3.63) is 29.3 Å². The molecule has 1 atom stereocenters. The van der Waals surface area contributed by atoms with Gasteiger partial charge in [0.25, 0.3) is 5.91 Å². The Balaban J connectivity index is 2.44. The van der Waals surface area contributed by atoms with E-state index in [0.29, 0.717) is 18.4 Å². The predicted molar refractivity (Wildman–Crippen MR) is 68.9 cm³/mol. The largest absolute Gasteiger partial charge is 0.508 e. The van der Waals surface area contributed by atoms with E-state index in [-0.39, 0.29) is 11.7 Å². The maximum atomic E-state index is 12.1. The minimum absolute atomic E-state index is 0.0370. The summed E-state index contributed by atoms with van der Waals surface area (Å²) in [6, 6.07) is 4.61. The van der Waals surface area contributed by atoms with Crippen molar-refractivity contribution in [2.24, 2.45) is 0 Å². The highest BCUT2D eigenvalue weighted by Gasteiger charge is 2.44. The van der Waals surface area contributed by atoms with E-state index in [4.69, 9.17) is 4.74 Å². The van der Waals surface area contributed by atoms with Crippen molar-refractivity contribution in [2.45, 2.75) is 31.7 Å². The Kier molecular flexibility index (Phi) is 3.46. The molecule has 1 aliphatic rings. The summed E-state index contributed by atoms with van der Waals surface area (Å²) in [7, 11) is 1.32. The summed E-state index contributed by atoms with van der Waals surface area (Å²) in [6.07, 6.45) is 1.66. The van der Waals surface area contributed by atoms with Crippen molar-refractivity contribution >= 4 is 11.9 Å². The van der Waals surface area contributed by atoms with Crippen LogP contribution in [0.5, 0.6) is 5.75 Å². The highest BCUT2D eigenvalue weighted by molar-refractivity contribution is 6.01. The first-order chi connectivity index (χ1) is 9.02. The van der Waals surface area contributed by atoms with Crippen LogP contribution in [-0.4, -0.2) is 29.6 Å². The number of amides is 1. The van der Waals surface area contributed by atoms with Crippen LogP contribution in [-0.2, 0) is 16.0 Å². The fraction of sp³-hybridized carbons (Fsp3) is 0.429. The highest BCUT2D eigenvalue weighted by atomic mass is 16.5. The number of phenolic OH excluding ortho intramolecular Hbond substituents is 1. The highest BCUT2D eigenvalue weighted by Crippen LogP contribution is 2.30. The van der Waals surface area contributed by atoms with Crippen LogP contribution in [0.25, 0.3) is 0 Å². The summed E-state index contributed by atoms with van der Waals surface area (Å²) in [5.41, 5.74) is 0.168. The van der Waals surface area contributed by atoms with E-state index in [9.17, 15) is 14.7 Å².